The number of nitro groups is 1. The lowest BCUT2D eigenvalue weighted by Gasteiger charge is -2.02. The number of fused-ring (bicyclic) bond motifs is 1. The van der Waals surface area contributed by atoms with Crippen molar-refractivity contribution >= 4 is 28.1 Å². The van der Waals surface area contributed by atoms with E-state index in [-0.39, 0.29) is 11.2 Å². The Morgan fingerprint density at radius 3 is 2.71 bits per heavy atom. The van der Waals surface area contributed by atoms with Crippen LogP contribution in [0.15, 0.2) is 82.5 Å². The largest absolute Gasteiger partial charge is 0.490 e. The molecule has 0 fully saturated rings. The molecule has 0 aliphatic carbocycles. The van der Waals surface area contributed by atoms with Gasteiger partial charge in [0.05, 0.1) is 4.92 Å². The monoisotopic (exact) mass is 472 g/mol. The first-order chi connectivity index (χ1) is 16.5. The van der Waals surface area contributed by atoms with Crippen molar-refractivity contribution in [2.45, 2.75) is 0 Å². The zero-order valence-corrected chi connectivity index (χ0v) is 18.4. The van der Waals surface area contributed by atoms with E-state index < -0.39 is 4.92 Å². The topological polar surface area (TPSA) is 113 Å². The van der Waals surface area contributed by atoms with Crippen LogP contribution in [0.2, 0.25) is 0 Å². The summed E-state index contributed by atoms with van der Waals surface area (Å²) in [4.78, 5) is 28.3. The van der Waals surface area contributed by atoms with Crippen LogP contribution in [0.1, 0.15) is 5.76 Å². The molecule has 34 heavy (non-hydrogen) atoms. The molecule has 3 aromatic heterocycles. The van der Waals surface area contributed by atoms with Crippen LogP contribution >= 0.6 is 11.3 Å². The molecule has 0 amide bonds. The quantitative estimate of drug-likeness (QED) is 0.199. The minimum Gasteiger partial charge on any atom is -0.490 e. The van der Waals surface area contributed by atoms with E-state index in [9.17, 15) is 14.9 Å². The van der Waals surface area contributed by atoms with Crippen molar-refractivity contribution in [2.75, 3.05) is 6.61 Å². The molecule has 3 heterocycles. The predicted octanol–water partition coefficient (Wildman–Crippen LogP) is 4.10. The SMILES string of the molecule is C=CCOc1ccc(-c2nc3sc(=Cc4ccc(-c5cccc([N+](=O)[O-])c5)o4)c(=O)n3n2)cc1. The van der Waals surface area contributed by atoms with Crippen molar-refractivity contribution in [3.05, 3.63) is 104 Å². The number of furan rings is 1. The van der Waals surface area contributed by atoms with Gasteiger partial charge in [0.1, 0.15) is 28.4 Å². The molecule has 0 saturated carbocycles. The van der Waals surface area contributed by atoms with Gasteiger partial charge >= 0.3 is 0 Å². The minimum absolute atomic E-state index is 0.0263. The number of hydrogen-bond acceptors (Lipinski definition) is 8. The number of ether oxygens (including phenoxy) is 1. The van der Waals surface area contributed by atoms with Crippen LogP contribution in [0.3, 0.4) is 0 Å². The van der Waals surface area contributed by atoms with Crippen LogP contribution in [0, 0.1) is 10.1 Å². The Kier molecular flexibility index (Phi) is 5.48. The lowest BCUT2D eigenvalue weighted by Crippen LogP contribution is -2.23. The molecular formula is C24H16N4O5S. The average Bonchev–Trinajstić information content (AvgIpc) is 3.56. The number of thiazole rings is 1. The first-order valence-electron chi connectivity index (χ1n) is 10.1. The van der Waals surface area contributed by atoms with Crippen molar-refractivity contribution in [2.24, 2.45) is 0 Å². The van der Waals surface area contributed by atoms with Crippen LogP contribution in [0.5, 0.6) is 5.75 Å². The number of nitrogens with zero attached hydrogens (tertiary/aromatic N) is 4. The van der Waals surface area contributed by atoms with Crippen molar-refractivity contribution in [1.29, 1.82) is 0 Å². The zero-order valence-electron chi connectivity index (χ0n) is 17.6. The van der Waals surface area contributed by atoms with Gasteiger partial charge in [-0.3, -0.25) is 14.9 Å². The molecule has 0 radical (unpaired) electrons. The first-order valence-corrected chi connectivity index (χ1v) is 10.9. The Morgan fingerprint density at radius 1 is 1.15 bits per heavy atom. The van der Waals surface area contributed by atoms with Crippen LogP contribution in [-0.4, -0.2) is 26.1 Å². The maximum absolute atomic E-state index is 12.8. The van der Waals surface area contributed by atoms with Gasteiger partial charge in [-0.1, -0.05) is 36.1 Å². The second-order valence-electron chi connectivity index (χ2n) is 7.18. The fraction of sp³-hybridized carbons (Fsp3) is 0.0417. The lowest BCUT2D eigenvalue weighted by molar-refractivity contribution is -0.384. The van der Waals surface area contributed by atoms with Crippen molar-refractivity contribution in [1.82, 2.24) is 14.6 Å². The highest BCUT2D eigenvalue weighted by Gasteiger charge is 2.13. The molecule has 10 heteroatoms. The predicted molar refractivity (Wildman–Crippen MR) is 128 cm³/mol. The van der Waals surface area contributed by atoms with E-state index in [0.717, 1.165) is 5.56 Å². The molecule has 0 saturated heterocycles. The van der Waals surface area contributed by atoms with Gasteiger partial charge in [-0.05, 0) is 36.4 Å². The number of rotatable bonds is 7. The Hall–Kier alpha value is -4.57. The van der Waals surface area contributed by atoms with Crippen LogP contribution < -0.4 is 14.8 Å². The standard InChI is InChI=1S/C24H16N4O5S/c1-2-12-32-18-8-6-15(7-9-18)22-25-24-27(26-22)23(29)21(34-24)14-19-10-11-20(33-19)16-4-3-5-17(13-16)28(30)31/h2-11,13-14H,1,12H2. The lowest BCUT2D eigenvalue weighted by atomic mass is 10.1. The molecule has 168 valence electrons. The third-order valence-corrected chi connectivity index (χ3v) is 5.86. The maximum atomic E-state index is 12.8. The Balaban J connectivity index is 1.43. The average molecular weight is 472 g/mol. The number of non-ortho nitro benzene ring substituents is 1. The van der Waals surface area contributed by atoms with E-state index in [0.29, 0.717) is 44.8 Å². The van der Waals surface area contributed by atoms with E-state index in [4.69, 9.17) is 9.15 Å². The molecule has 5 aromatic rings. The summed E-state index contributed by atoms with van der Waals surface area (Å²) in [5.74, 6) is 2.05. The van der Waals surface area contributed by atoms with E-state index >= 15 is 0 Å². The van der Waals surface area contributed by atoms with Crippen LogP contribution in [0.25, 0.3) is 33.7 Å². The smallest absolute Gasteiger partial charge is 0.291 e. The molecule has 0 atom stereocenters. The highest BCUT2D eigenvalue weighted by Crippen LogP contribution is 2.26. The molecule has 0 unspecified atom stereocenters. The Labute approximate surface area is 196 Å². The van der Waals surface area contributed by atoms with E-state index in [1.807, 2.05) is 12.1 Å². The van der Waals surface area contributed by atoms with Gasteiger partial charge in [-0.25, -0.2) is 0 Å². The second kappa shape index (κ2) is 8.75. The fourth-order valence-corrected chi connectivity index (χ4v) is 4.19. The van der Waals surface area contributed by atoms with Gasteiger partial charge in [0.2, 0.25) is 4.96 Å². The molecule has 0 aliphatic heterocycles. The molecule has 0 N–H and O–H groups in total. The third-order valence-electron chi connectivity index (χ3n) is 4.90. The summed E-state index contributed by atoms with van der Waals surface area (Å²) in [7, 11) is 0. The van der Waals surface area contributed by atoms with Gasteiger partial charge in [-0.2, -0.15) is 9.50 Å². The minimum atomic E-state index is -0.461. The van der Waals surface area contributed by atoms with Crippen molar-refractivity contribution < 1.29 is 14.1 Å². The number of benzene rings is 2. The summed E-state index contributed by atoms with van der Waals surface area (Å²) in [6, 6.07) is 16.8. The van der Waals surface area contributed by atoms with Crippen LogP contribution in [-0.2, 0) is 0 Å². The highest BCUT2D eigenvalue weighted by molar-refractivity contribution is 7.15. The third kappa shape index (κ3) is 4.09. The van der Waals surface area contributed by atoms with E-state index in [1.54, 1.807) is 48.6 Å². The summed E-state index contributed by atoms with van der Waals surface area (Å²) in [6.45, 7) is 4.03. The zero-order chi connectivity index (χ0) is 23.7. The van der Waals surface area contributed by atoms with E-state index in [1.165, 1.54) is 28.0 Å². The molecule has 0 aliphatic rings. The van der Waals surface area contributed by atoms with Gasteiger partial charge in [0, 0.05) is 29.3 Å². The van der Waals surface area contributed by atoms with Gasteiger partial charge < -0.3 is 9.15 Å². The Bertz CT molecular complexity index is 1630. The molecule has 2 aromatic carbocycles. The number of nitro benzene ring substituents is 1. The molecule has 9 nitrogen and oxygen atoms in total. The summed E-state index contributed by atoms with van der Waals surface area (Å²) in [5.41, 5.74) is 1.00. The van der Waals surface area contributed by atoms with Gasteiger partial charge in [0.15, 0.2) is 5.82 Å². The summed E-state index contributed by atoms with van der Waals surface area (Å²) < 4.78 is 12.9. The normalized spacial score (nSPS) is 11.7. The summed E-state index contributed by atoms with van der Waals surface area (Å²) in [6.07, 6.45) is 3.27. The van der Waals surface area contributed by atoms with Gasteiger partial charge in [-0.15, -0.1) is 5.10 Å². The molecular weight excluding hydrogens is 456 g/mol. The Morgan fingerprint density at radius 2 is 1.97 bits per heavy atom. The van der Waals surface area contributed by atoms with Crippen molar-refractivity contribution in [3.8, 4) is 28.5 Å². The molecule has 0 bridgehead atoms. The maximum Gasteiger partial charge on any atom is 0.291 e. The molecule has 0 spiro atoms. The van der Waals surface area contributed by atoms with Crippen LogP contribution in [0.4, 0.5) is 5.69 Å². The first kappa shape index (κ1) is 21.3. The number of hydrogen-bond donors (Lipinski definition) is 0. The molecule has 5 rings (SSSR count). The highest BCUT2D eigenvalue weighted by atomic mass is 32.1. The summed E-state index contributed by atoms with van der Waals surface area (Å²) in [5, 5.41) is 15.4. The number of aromatic nitrogens is 3. The van der Waals surface area contributed by atoms with E-state index in [2.05, 4.69) is 16.7 Å². The van der Waals surface area contributed by atoms with Crippen molar-refractivity contribution in [3.63, 3.8) is 0 Å². The second-order valence-corrected chi connectivity index (χ2v) is 8.19. The fourth-order valence-electron chi connectivity index (χ4n) is 3.30. The summed E-state index contributed by atoms with van der Waals surface area (Å²) >= 11 is 1.20. The van der Waals surface area contributed by atoms with Gasteiger partial charge in [0.25, 0.3) is 11.2 Å².